The molecule has 0 saturated carbocycles. The van der Waals surface area contributed by atoms with Crippen LogP contribution in [-0.2, 0) is 6.18 Å². The molecule has 1 rings (SSSR count). The Morgan fingerprint density at radius 1 is 1.33 bits per heavy atom. The molecule has 0 N–H and O–H groups in total. The topological polar surface area (TPSA) is 12.9 Å². The Kier molecular flexibility index (Phi) is 2.60. The van der Waals surface area contributed by atoms with Gasteiger partial charge in [0.1, 0.15) is 0 Å². The molecule has 0 radical (unpaired) electrons. The monoisotopic (exact) mass is 287 g/mol. The number of hydrogen-bond acceptors (Lipinski definition) is 1. The molecule has 66 valence electrons. The van der Waals surface area contributed by atoms with Crippen molar-refractivity contribution >= 4 is 22.6 Å². The molecule has 0 bridgehead atoms. The van der Waals surface area contributed by atoms with E-state index in [-0.39, 0.29) is 3.57 Å². The van der Waals surface area contributed by atoms with Crippen LogP contribution in [0.5, 0.6) is 0 Å². The third-order valence-corrected chi connectivity index (χ3v) is 2.12. The molecule has 0 aliphatic heterocycles. The first-order chi connectivity index (χ1) is 5.41. The Bertz CT molecular complexity index is 295. The lowest BCUT2D eigenvalue weighted by atomic mass is 10.3. The van der Waals surface area contributed by atoms with E-state index in [1.165, 1.54) is 13.0 Å². The number of nitrogens with zero attached hydrogens (tertiary/aromatic N) is 1. The smallest absolute Gasteiger partial charge is 0.248 e. The van der Waals surface area contributed by atoms with Crippen LogP contribution in [0.25, 0.3) is 0 Å². The van der Waals surface area contributed by atoms with Gasteiger partial charge in [-0.25, -0.2) is 4.98 Å². The number of hydrogen-bond donors (Lipinski definition) is 0. The second-order valence-corrected chi connectivity index (χ2v) is 3.44. The fourth-order valence-electron chi connectivity index (χ4n) is 0.739. The van der Waals surface area contributed by atoms with E-state index in [9.17, 15) is 13.2 Å². The average Bonchev–Trinajstić information content (AvgIpc) is 1.92. The van der Waals surface area contributed by atoms with Crippen molar-refractivity contribution in [1.29, 1.82) is 0 Å². The lowest BCUT2D eigenvalue weighted by Crippen LogP contribution is -2.10. The molecule has 0 amide bonds. The molecule has 0 aliphatic rings. The van der Waals surface area contributed by atoms with Gasteiger partial charge in [-0.15, -0.1) is 0 Å². The lowest BCUT2D eigenvalue weighted by molar-refractivity contribution is -0.142. The van der Waals surface area contributed by atoms with Gasteiger partial charge in [-0.2, -0.15) is 13.2 Å². The van der Waals surface area contributed by atoms with Gasteiger partial charge in [0.15, 0.2) is 5.69 Å². The fourth-order valence-corrected chi connectivity index (χ4v) is 1.34. The zero-order valence-electron chi connectivity index (χ0n) is 6.11. The Hall–Kier alpha value is -0.330. The normalized spacial score (nSPS) is 11.8. The summed E-state index contributed by atoms with van der Waals surface area (Å²) in [6.07, 6.45) is -4.34. The van der Waals surface area contributed by atoms with Crippen molar-refractivity contribution in [3.63, 3.8) is 0 Å². The number of halogens is 4. The molecule has 0 spiro atoms. The Morgan fingerprint density at radius 2 is 1.92 bits per heavy atom. The number of aryl methyl sites for hydroxylation is 1. The van der Waals surface area contributed by atoms with Crippen LogP contribution in [-0.4, -0.2) is 4.98 Å². The van der Waals surface area contributed by atoms with Crippen LogP contribution in [0.3, 0.4) is 0 Å². The average molecular weight is 287 g/mol. The van der Waals surface area contributed by atoms with E-state index in [0.29, 0.717) is 5.69 Å². The minimum absolute atomic E-state index is 0.130. The van der Waals surface area contributed by atoms with Gasteiger partial charge in [0.2, 0.25) is 0 Å². The molecule has 0 atom stereocenters. The predicted molar refractivity (Wildman–Crippen MR) is 46.7 cm³/mol. The third kappa shape index (κ3) is 2.09. The van der Waals surface area contributed by atoms with Crippen molar-refractivity contribution in [2.45, 2.75) is 13.1 Å². The molecule has 1 aromatic heterocycles. The van der Waals surface area contributed by atoms with Crippen molar-refractivity contribution in [2.75, 3.05) is 0 Å². The van der Waals surface area contributed by atoms with Crippen LogP contribution in [0.1, 0.15) is 11.4 Å². The maximum atomic E-state index is 12.2. The maximum Gasteiger partial charge on any atom is 0.434 e. The number of rotatable bonds is 0. The first kappa shape index (κ1) is 9.76. The van der Waals surface area contributed by atoms with Crippen molar-refractivity contribution in [3.05, 3.63) is 27.1 Å². The molecule has 0 saturated heterocycles. The molecule has 1 nitrogen and oxygen atoms in total. The molecule has 1 heterocycles. The fraction of sp³-hybridized carbons (Fsp3) is 0.286. The van der Waals surface area contributed by atoms with E-state index >= 15 is 0 Å². The van der Waals surface area contributed by atoms with Crippen LogP contribution in [0.4, 0.5) is 13.2 Å². The summed E-state index contributed by atoms with van der Waals surface area (Å²) in [6.45, 7) is 1.53. The highest BCUT2D eigenvalue weighted by atomic mass is 127. The number of alkyl halides is 3. The summed E-state index contributed by atoms with van der Waals surface area (Å²) < 4.78 is 36.6. The highest BCUT2D eigenvalue weighted by Gasteiger charge is 2.34. The van der Waals surface area contributed by atoms with Crippen molar-refractivity contribution in [1.82, 2.24) is 4.98 Å². The first-order valence-corrected chi connectivity index (χ1v) is 4.19. The quantitative estimate of drug-likeness (QED) is 0.668. The highest BCUT2D eigenvalue weighted by molar-refractivity contribution is 14.1. The van der Waals surface area contributed by atoms with Crippen molar-refractivity contribution < 1.29 is 13.2 Å². The third-order valence-electron chi connectivity index (χ3n) is 1.25. The standard InChI is InChI=1S/C7H5F3IN/c1-4-2-3-5(11)6(12-4)7(8,9)10/h2-3H,1H3. The van der Waals surface area contributed by atoms with Gasteiger partial charge in [-0.05, 0) is 41.6 Å². The van der Waals surface area contributed by atoms with E-state index < -0.39 is 11.9 Å². The molecule has 0 fully saturated rings. The van der Waals surface area contributed by atoms with Crippen LogP contribution < -0.4 is 0 Å². The van der Waals surface area contributed by atoms with E-state index in [2.05, 4.69) is 4.98 Å². The Labute approximate surface area is 81.1 Å². The van der Waals surface area contributed by atoms with Crippen LogP contribution in [0.15, 0.2) is 12.1 Å². The first-order valence-electron chi connectivity index (χ1n) is 3.11. The second kappa shape index (κ2) is 3.20. The summed E-state index contributed by atoms with van der Waals surface area (Å²) in [4.78, 5) is 3.41. The van der Waals surface area contributed by atoms with E-state index in [1.54, 1.807) is 28.7 Å². The lowest BCUT2D eigenvalue weighted by Gasteiger charge is -2.07. The molecule has 0 unspecified atom stereocenters. The zero-order valence-corrected chi connectivity index (χ0v) is 8.27. The number of aromatic nitrogens is 1. The number of pyridine rings is 1. The van der Waals surface area contributed by atoms with Crippen molar-refractivity contribution in [2.24, 2.45) is 0 Å². The van der Waals surface area contributed by atoms with Crippen molar-refractivity contribution in [3.8, 4) is 0 Å². The SMILES string of the molecule is Cc1ccc(I)c(C(F)(F)F)n1. The van der Waals surface area contributed by atoms with E-state index in [1.807, 2.05) is 0 Å². The largest absolute Gasteiger partial charge is 0.434 e. The van der Waals surface area contributed by atoms with Crippen LogP contribution >= 0.6 is 22.6 Å². The molecular formula is C7H5F3IN. The minimum atomic E-state index is -4.34. The summed E-state index contributed by atoms with van der Waals surface area (Å²) in [6, 6.07) is 2.96. The van der Waals surface area contributed by atoms with Crippen LogP contribution in [0, 0.1) is 10.5 Å². The molecule has 1 aromatic rings. The van der Waals surface area contributed by atoms with Gasteiger partial charge in [-0.3, -0.25) is 0 Å². The Morgan fingerprint density at radius 3 is 2.33 bits per heavy atom. The second-order valence-electron chi connectivity index (χ2n) is 2.28. The Balaban J connectivity index is 3.23. The van der Waals surface area contributed by atoms with Gasteiger partial charge in [0.05, 0.1) is 0 Å². The van der Waals surface area contributed by atoms with E-state index in [4.69, 9.17) is 0 Å². The molecule has 5 heteroatoms. The van der Waals surface area contributed by atoms with Gasteiger partial charge < -0.3 is 0 Å². The summed E-state index contributed by atoms with van der Waals surface area (Å²) in [5, 5.41) is 0. The van der Waals surface area contributed by atoms with Gasteiger partial charge in [-0.1, -0.05) is 0 Å². The van der Waals surface area contributed by atoms with Gasteiger partial charge in [0.25, 0.3) is 0 Å². The molecule has 0 aliphatic carbocycles. The van der Waals surface area contributed by atoms with E-state index in [0.717, 1.165) is 0 Å². The van der Waals surface area contributed by atoms with Crippen LogP contribution in [0.2, 0.25) is 0 Å². The summed E-state index contributed by atoms with van der Waals surface area (Å²) in [7, 11) is 0. The summed E-state index contributed by atoms with van der Waals surface area (Å²) >= 11 is 1.62. The maximum absolute atomic E-state index is 12.2. The van der Waals surface area contributed by atoms with Gasteiger partial charge >= 0.3 is 6.18 Å². The van der Waals surface area contributed by atoms with Gasteiger partial charge in [0, 0.05) is 9.26 Å². The highest BCUT2D eigenvalue weighted by Crippen LogP contribution is 2.30. The molecule has 12 heavy (non-hydrogen) atoms. The molecule has 0 aromatic carbocycles. The minimum Gasteiger partial charge on any atom is -0.248 e. The summed E-state index contributed by atoms with van der Waals surface area (Å²) in [5.41, 5.74) is -0.425. The predicted octanol–water partition coefficient (Wildman–Crippen LogP) is 3.01. The summed E-state index contributed by atoms with van der Waals surface area (Å²) in [5.74, 6) is 0. The molecular weight excluding hydrogens is 282 g/mol. The zero-order chi connectivity index (χ0) is 9.35.